The summed E-state index contributed by atoms with van der Waals surface area (Å²) in [5, 5.41) is 4.30. The minimum absolute atomic E-state index is 0.830. The van der Waals surface area contributed by atoms with E-state index in [4.69, 9.17) is 0 Å². The molecule has 30 heavy (non-hydrogen) atoms. The van der Waals surface area contributed by atoms with Gasteiger partial charge < -0.3 is 5.32 Å². The smallest absolute Gasteiger partial charge is 0.0101 e. The highest BCUT2D eigenvalue weighted by Gasteiger charge is 2.39. The highest BCUT2D eigenvalue weighted by atomic mass is 15.0. The van der Waals surface area contributed by atoms with E-state index in [1.165, 1.54) is 116 Å². The largest absolute Gasteiger partial charge is 0.311 e. The second-order valence-corrected chi connectivity index (χ2v) is 11.9. The van der Waals surface area contributed by atoms with Gasteiger partial charge in [0.1, 0.15) is 0 Å². The van der Waals surface area contributed by atoms with Crippen molar-refractivity contribution in [2.75, 3.05) is 0 Å². The standard InChI is InChI=1S/C29H53N/c1-2-8-12-17-27(18-13-9-3-1)30-29-20-14-19-28(29)24-15-10-6-4-5-7-11-16-25-23-26(25)22-21-24/h24-30H,1-23H2. The normalized spacial score (nSPS) is 38.6. The zero-order valence-electron chi connectivity index (χ0n) is 20.2. The first kappa shape index (κ1) is 23.1. The topological polar surface area (TPSA) is 12.0 Å². The van der Waals surface area contributed by atoms with Gasteiger partial charge in [-0.3, -0.25) is 0 Å². The Balaban J connectivity index is 1.31. The second-order valence-electron chi connectivity index (χ2n) is 11.9. The van der Waals surface area contributed by atoms with Gasteiger partial charge in [-0.1, -0.05) is 103 Å². The van der Waals surface area contributed by atoms with Crippen LogP contribution < -0.4 is 5.32 Å². The summed E-state index contributed by atoms with van der Waals surface area (Å²) in [5.74, 6) is 4.29. The zero-order chi connectivity index (χ0) is 20.4. The van der Waals surface area contributed by atoms with Crippen LogP contribution in [0.3, 0.4) is 0 Å². The van der Waals surface area contributed by atoms with Crippen LogP contribution in [-0.4, -0.2) is 12.1 Å². The first-order valence-corrected chi connectivity index (χ1v) is 14.7. The van der Waals surface area contributed by atoms with Crippen LogP contribution in [0.25, 0.3) is 0 Å². The summed E-state index contributed by atoms with van der Waals surface area (Å²) in [5.41, 5.74) is 0. The van der Waals surface area contributed by atoms with Gasteiger partial charge >= 0.3 is 0 Å². The summed E-state index contributed by atoms with van der Waals surface area (Å²) in [6, 6.07) is 1.69. The summed E-state index contributed by atoms with van der Waals surface area (Å²) in [6.07, 6.45) is 34.7. The van der Waals surface area contributed by atoms with E-state index in [9.17, 15) is 0 Å². The molecule has 1 nitrogen and oxygen atoms in total. The van der Waals surface area contributed by atoms with Gasteiger partial charge in [0.2, 0.25) is 0 Å². The molecule has 0 amide bonds. The highest BCUT2D eigenvalue weighted by Crippen LogP contribution is 2.48. The molecule has 0 aromatic carbocycles. The van der Waals surface area contributed by atoms with Crippen molar-refractivity contribution in [3.05, 3.63) is 0 Å². The molecule has 0 radical (unpaired) electrons. The predicted octanol–water partition coefficient (Wildman–Crippen LogP) is 8.80. The van der Waals surface area contributed by atoms with E-state index >= 15 is 0 Å². The maximum Gasteiger partial charge on any atom is 0.0101 e. The Labute approximate surface area is 188 Å². The third-order valence-electron chi connectivity index (χ3n) is 9.61. The van der Waals surface area contributed by atoms with Crippen LogP contribution in [0, 0.1) is 23.7 Å². The van der Waals surface area contributed by atoms with E-state index in [-0.39, 0.29) is 0 Å². The SMILES string of the molecule is C1CCCCC(NC2CCCC2C2CCCCCCCCC3CC3CC2)CCCC1. The van der Waals surface area contributed by atoms with Gasteiger partial charge in [0.15, 0.2) is 0 Å². The predicted molar refractivity (Wildman–Crippen MR) is 131 cm³/mol. The molecular formula is C29H53N. The molecular weight excluding hydrogens is 362 g/mol. The lowest BCUT2D eigenvalue weighted by Gasteiger charge is -2.33. The molecule has 4 aliphatic rings. The molecule has 4 aliphatic carbocycles. The Morgan fingerprint density at radius 3 is 1.53 bits per heavy atom. The quantitative estimate of drug-likeness (QED) is 0.485. The summed E-state index contributed by atoms with van der Waals surface area (Å²) in [4.78, 5) is 0. The first-order valence-electron chi connectivity index (χ1n) is 14.7. The van der Waals surface area contributed by atoms with Crippen LogP contribution in [0.1, 0.15) is 148 Å². The van der Waals surface area contributed by atoms with Crippen LogP contribution in [0.4, 0.5) is 0 Å². The summed E-state index contributed by atoms with van der Waals surface area (Å²) in [7, 11) is 0. The third-order valence-corrected chi connectivity index (χ3v) is 9.61. The van der Waals surface area contributed by atoms with Crippen molar-refractivity contribution in [2.24, 2.45) is 23.7 Å². The molecule has 174 valence electrons. The van der Waals surface area contributed by atoms with Gasteiger partial charge in [-0.05, 0) is 68.6 Å². The lowest BCUT2D eigenvalue weighted by atomic mass is 9.80. The second kappa shape index (κ2) is 12.9. The molecule has 0 aliphatic heterocycles. The van der Waals surface area contributed by atoms with Gasteiger partial charge in [-0.2, -0.15) is 0 Å². The molecule has 0 saturated heterocycles. The van der Waals surface area contributed by atoms with Gasteiger partial charge in [-0.25, -0.2) is 0 Å². The van der Waals surface area contributed by atoms with Crippen molar-refractivity contribution in [3.63, 3.8) is 0 Å². The first-order chi connectivity index (χ1) is 14.9. The van der Waals surface area contributed by atoms with Crippen LogP contribution in [0.2, 0.25) is 0 Å². The van der Waals surface area contributed by atoms with E-state index < -0.39 is 0 Å². The zero-order valence-corrected chi connectivity index (χ0v) is 20.2. The Bertz CT molecular complexity index is 449. The molecule has 1 heteroatoms. The van der Waals surface area contributed by atoms with Crippen molar-refractivity contribution in [2.45, 2.75) is 160 Å². The average Bonchev–Trinajstić information content (AvgIpc) is 3.35. The van der Waals surface area contributed by atoms with Gasteiger partial charge in [0.25, 0.3) is 0 Å². The number of hydrogen-bond donors (Lipinski definition) is 1. The molecule has 0 aromatic rings. The molecule has 0 aromatic heterocycles. The van der Waals surface area contributed by atoms with Gasteiger partial charge in [0.05, 0.1) is 0 Å². The van der Waals surface area contributed by atoms with Crippen LogP contribution in [-0.2, 0) is 0 Å². The summed E-state index contributed by atoms with van der Waals surface area (Å²) < 4.78 is 0. The molecule has 4 fully saturated rings. The van der Waals surface area contributed by atoms with Crippen LogP contribution in [0.5, 0.6) is 0 Å². The average molecular weight is 416 g/mol. The number of hydrogen-bond acceptors (Lipinski definition) is 1. The Hall–Kier alpha value is -0.0400. The van der Waals surface area contributed by atoms with Crippen molar-refractivity contribution >= 4 is 0 Å². The molecule has 1 N–H and O–H groups in total. The van der Waals surface area contributed by atoms with Crippen molar-refractivity contribution in [1.82, 2.24) is 5.32 Å². The van der Waals surface area contributed by atoms with Crippen LogP contribution >= 0.6 is 0 Å². The maximum atomic E-state index is 4.30. The van der Waals surface area contributed by atoms with Gasteiger partial charge in [0, 0.05) is 12.1 Å². The van der Waals surface area contributed by atoms with Crippen molar-refractivity contribution in [3.8, 4) is 0 Å². The third kappa shape index (κ3) is 7.53. The lowest BCUT2D eigenvalue weighted by molar-refractivity contribution is 0.218. The summed E-state index contributed by atoms with van der Waals surface area (Å²) >= 11 is 0. The minimum atomic E-state index is 0.830. The lowest BCUT2D eigenvalue weighted by Crippen LogP contribution is -2.42. The van der Waals surface area contributed by atoms with Crippen molar-refractivity contribution < 1.29 is 0 Å². The molecule has 4 rings (SSSR count). The van der Waals surface area contributed by atoms with E-state index in [0.29, 0.717) is 0 Å². The molecule has 0 heterocycles. The Morgan fingerprint density at radius 2 is 0.867 bits per heavy atom. The number of rotatable bonds is 3. The highest BCUT2D eigenvalue weighted by molar-refractivity contribution is 4.92. The van der Waals surface area contributed by atoms with E-state index in [1.807, 2.05) is 0 Å². The van der Waals surface area contributed by atoms with Gasteiger partial charge in [-0.15, -0.1) is 0 Å². The fourth-order valence-electron chi connectivity index (χ4n) is 7.58. The molecule has 4 saturated carbocycles. The van der Waals surface area contributed by atoms with Crippen LogP contribution in [0.15, 0.2) is 0 Å². The molecule has 0 bridgehead atoms. The molecule has 5 unspecified atom stereocenters. The number of nitrogens with one attached hydrogen (secondary N) is 1. The van der Waals surface area contributed by atoms with E-state index in [0.717, 1.165) is 35.8 Å². The monoisotopic (exact) mass is 415 g/mol. The van der Waals surface area contributed by atoms with E-state index in [2.05, 4.69) is 5.32 Å². The molecule has 5 atom stereocenters. The fourth-order valence-corrected chi connectivity index (χ4v) is 7.58. The fraction of sp³-hybridized carbons (Fsp3) is 1.00. The molecule has 0 spiro atoms. The summed E-state index contributed by atoms with van der Waals surface area (Å²) in [6.45, 7) is 0. The number of fused-ring (bicyclic) bond motifs is 1. The Morgan fingerprint density at radius 1 is 0.367 bits per heavy atom. The van der Waals surface area contributed by atoms with Crippen molar-refractivity contribution in [1.29, 1.82) is 0 Å². The maximum absolute atomic E-state index is 4.30. The Kier molecular flexibility index (Phi) is 9.91. The van der Waals surface area contributed by atoms with E-state index in [1.54, 1.807) is 32.1 Å². The minimum Gasteiger partial charge on any atom is -0.311 e.